The van der Waals surface area contributed by atoms with Gasteiger partial charge in [0.25, 0.3) is 0 Å². The van der Waals surface area contributed by atoms with Crippen molar-refractivity contribution in [1.82, 2.24) is 24.1 Å². The van der Waals surface area contributed by atoms with Crippen molar-refractivity contribution in [2.75, 3.05) is 17.3 Å². The van der Waals surface area contributed by atoms with E-state index in [2.05, 4.69) is 25.3 Å². The first kappa shape index (κ1) is 17.2. The lowest BCUT2D eigenvalue weighted by atomic mass is 10.2. The zero-order valence-corrected chi connectivity index (χ0v) is 15.1. The van der Waals surface area contributed by atoms with Crippen LogP contribution in [0.2, 0.25) is 0 Å². The molecule has 0 unspecified atom stereocenters. The van der Waals surface area contributed by atoms with Gasteiger partial charge in [0.1, 0.15) is 12.9 Å². The van der Waals surface area contributed by atoms with Gasteiger partial charge in [0.2, 0.25) is 5.91 Å². The molecule has 1 amide bonds. The lowest BCUT2D eigenvalue weighted by Crippen LogP contribution is -2.33. The molecule has 0 bridgehead atoms. The van der Waals surface area contributed by atoms with Gasteiger partial charge in [-0.15, -0.1) is 0 Å². The monoisotopic (exact) mass is 367 g/mol. The summed E-state index contributed by atoms with van der Waals surface area (Å²) in [5.41, 5.74) is 1.67. The first-order chi connectivity index (χ1) is 13.1. The first-order valence-electron chi connectivity index (χ1n) is 8.99. The fraction of sp³-hybridized carbons (Fsp3) is 0.389. The number of nitrogens with zero attached hydrogens (tertiary/aromatic N) is 6. The van der Waals surface area contributed by atoms with E-state index in [1.54, 1.807) is 35.2 Å². The summed E-state index contributed by atoms with van der Waals surface area (Å²) in [7, 11) is 2.01. The molecule has 1 aliphatic carbocycles. The molecule has 140 valence electrons. The Bertz CT molecular complexity index is 1020. The van der Waals surface area contributed by atoms with Crippen molar-refractivity contribution in [2.45, 2.75) is 38.3 Å². The Balaban J connectivity index is 1.48. The van der Waals surface area contributed by atoms with Crippen LogP contribution in [0.15, 0.2) is 41.8 Å². The number of hydrogen-bond donors (Lipinski definition) is 1. The van der Waals surface area contributed by atoms with E-state index in [-0.39, 0.29) is 12.5 Å². The van der Waals surface area contributed by atoms with Gasteiger partial charge in [0.15, 0.2) is 5.65 Å². The molecule has 0 spiro atoms. The Labute approximate surface area is 155 Å². The molecule has 1 aliphatic rings. The van der Waals surface area contributed by atoms with Crippen molar-refractivity contribution < 1.29 is 4.79 Å². The number of nitrogens with one attached hydrogen (secondary N) is 1. The summed E-state index contributed by atoms with van der Waals surface area (Å²) in [5, 5.41) is 6.81. The van der Waals surface area contributed by atoms with Crippen LogP contribution in [0.5, 0.6) is 0 Å². The molecule has 0 atom stereocenters. The Morgan fingerprint density at radius 1 is 1.26 bits per heavy atom. The second-order valence-corrected chi connectivity index (χ2v) is 6.80. The number of carbonyl (C=O) groups excluding carboxylic acids is 1. The largest absolute Gasteiger partial charge is 0.369 e. The van der Waals surface area contributed by atoms with Gasteiger partial charge in [-0.3, -0.25) is 9.36 Å². The van der Waals surface area contributed by atoms with E-state index in [0.717, 1.165) is 18.5 Å². The van der Waals surface area contributed by atoms with E-state index in [1.807, 2.05) is 7.05 Å². The molecule has 1 N–H and O–H groups in total. The van der Waals surface area contributed by atoms with Crippen LogP contribution in [0.4, 0.5) is 11.4 Å². The molecule has 1 saturated carbocycles. The molecule has 3 aromatic heterocycles. The van der Waals surface area contributed by atoms with Crippen molar-refractivity contribution in [2.24, 2.45) is 0 Å². The number of rotatable bonds is 5. The van der Waals surface area contributed by atoms with Crippen LogP contribution in [-0.2, 0) is 11.3 Å². The first-order valence-corrected chi connectivity index (χ1v) is 8.99. The van der Waals surface area contributed by atoms with E-state index < -0.39 is 5.69 Å². The maximum atomic E-state index is 12.4. The van der Waals surface area contributed by atoms with E-state index in [0.29, 0.717) is 17.4 Å². The Hall–Kier alpha value is -3.23. The van der Waals surface area contributed by atoms with Crippen molar-refractivity contribution >= 4 is 22.9 Å². The van der Waals surface area contributed by atoms with Gasteiger partial charge in [-0.25, -0.2) is 14.3 Å². The van der Waals surface area contributed by atoms with Gasteiger partial charge < -0.3 is 10.2 Å². The zero-order valence-electron chi connectivity index (χ0n) is 15.1. The van der Waals surface area contributed by atoms with Gasteiger partial charge in [-0.1, -0.05) is 12.8 Å². The number of pyridine rings is 1. The fourth-order valence-electron chi connectivity index (χ4n) is 3.49. The van der Waals surface area contributed by atoms with Gasteiger partial charge >= 0.3 is 5.69 Å². The molecule has 0 radical (unpaired) electrons. The molecule has 0 aliphatic heterocycles. The standard InChI is InChI=1S/C18H21N7O2/c1-23(14-4-2-3-5-14)15-8-19-18(27)24(10-15)11-17(26)22-13-6-7-16-20-12-21-25(16)9-13/h6-10,12,14H,2-5,11H2,1H3,(H,22,26). The summed E-state index contributed by atoms with van der Waals surface area (Å²) in [4.78, 5) is 34.6. The van der Waals surface area contributed by atoms with Gasteiger partial charge in [0, 0.05) is 19.3 Å². The van der Waals surface area contributed by atoms with Crippen molar-refractivity contribution in [1.29, 1.82) is 0 Å². The highest BCUT2D eigenvalue weighted by Crippen LogP contribution is 2.25. The van der Waals surface area contributed by atoms with Crippen LogP contribution < -0.4 is 15.9 Å². The smallest absolute Gasteiger partial charge is 0.348 e. The molecule has 9 nitrogen and oxygen atoms in total. The molecule has 4 rings (SSSR count). The van der Waals surface area contributed by atoms with Crippen LogP contribution in [0.3, 0.4) is 0 Å². The fourth-order valence-corrected chi connectivity index (χ4v) is 3.49. The predicted molar refractivity (Wildman–Crippen MR) is 101 cm³/mol. The maximum Gasteiger partial charge on any atom is 0.348 e. The highest BCUT2D eigenvalue weighted by Gasteiger charge is 2.20. The van der Waals surface area contributed by atoms with Crippen LogP contribution in [-0.4, -0.2) is 43.1 Å². The van der Waals surface area contributed by atoms with Crippen LogP contribution in [0.1, 0.15) is 25.7 Å². The third-order valence-electron chi connectivity index (χ3n) is 4.99. The highest BCUT2D eigenvalue weighted by atomic mass is 16.2. The van der Waals surface area contributed by atoms with E-state index in [4.69, 9.17) is 0 Å². The number of anilines is 2. The number of carbonyl (C=O) groups is 1. The summed E-state index contributed by atoms with van der Waals surface area (Å²) in [6, 6.07) is 3.96. The summed E-state index contributed by atoms with van der Waals surface area (Å²) in [5.74, 6) is -0.306. The molecule has 3 aromatic rings. The lowest BCUT2D eigenvalue weighted by Gasteiger charge is -2.26. The minimum Gasteiger partial charge on any atom is -0.369 e. The minimum absolute atomic E-state index is 0.104. The third-order valence-corrected chi connectivity index (χ3v) is 4.99. The second kappa shape index (κ2) is 7.18. The molecule has 0 aromatic carbocycles. The van der Waals surface area contributed by atoms with E-state index in [1.165, 1.54) is 23.7 Å². The van der Waals surface area contributed by atoms with Gasteiger partial charge in [0.05, 0.1) is 23.8 Å². The highest BCUT2D eigenvalue weighted by molar-refractivity contribution is 5.90. The minimum atomic E-state index is -0.444. The Morgan fingerprint density at radius 2 is 2.07 bits per heavy atom. The molecular formula is C18H21N7O2. The molecule has 0 saturated heterocycles. The lowest BCUT2D eigenvalue weighted by molar-refractivity contribution is -0.116. The Morgan fingerprint density at radius 3 is 2.89 bits per heavy atom. The topological polar surface area (TPSA) is 97.4 Å². The maximum absolute atomic E-state index is 12.4. The molecule has 9 heteroatoms. The summed E-state index contributed by atoms with van der Waals surface area (Å²) < 4.78 is 2.91. The van der Waals surface area contributed by atoms with Crippen molar-refractivity contribution in [3.05, 3.63) is 47.5 Å². The Kier molecular flexibility index (Phi) is 4.57. The number of fused-ring (bicyclic) bond motifs is 1. The number of amides is 1. The summed E-state index contributed by atoms with van der Waals surface area (Å²) in [6.45, 7) is -0.104. The molecule has 3 heterocycles. The predicted octanol–water partition coefficient (Wildman–Crippen LogP) is 1.30. The average molecular weight is 367 g/mol. The quantitative estimate of drug-likeness (QED) is 0.730. The van der Waals surface area contributed by atoms with Crippen LogP contribution >= 0.6 is 0 Å². The average Bonchev–Trinajstić information content (AvgIpc) is 3.34. The second-order valence-electron chi connectivity index (χ2n) is 6.80. The SMILES string of the molecule is CN(c1cnc(=O)n(CC(=O)Nc2ccc3ncnn3c2)c1)C1CCCC1. The summed E-state index contributed by atoms with van der Waals surface area (Å²) in [6.07, 6.45) is 11.1. The van der Waals surface area contributed by atoms with Crippen LogP contribution in [0, 0.1) is 0 Å². The van der Waals surface area contributed by atoms with Crippen molar-refractivity contribution in [3.8, 4) is 0 Å². The molecule has 1 fully saturated rings. The van der Waals surface area contributed by atoms with Crippen molar-refractivity contribution in [3.63, 3.8) is 0 Å². The third kappa shape index (κ3) is 3.67. The molecular weight excluding hydrogens is 346 g/mol. The number of hydrogen-bond acceptors (Lipinski definition) is 6. The van der Waals surface area contributed by atoms with Crippen LogP contribution in [0.25, 0.3) is 5.65 Å². The summed E-state index contributed by atoms with van der Waals surface area (Å²) >= 11 is 0. The van der Waals surface area contributed by atoms with E-state index >= 15 is 0 Å². The molecule has 27 heavy (non-hydrogen) atoms. The number of aromatic nitrogens is 5. The zero-order chi connectivity index (χ0) is 18.8. The van der Waals surface area contributed by atoms with E-state index in [9.17, 15) is 9.59 Å². The normalized spacial score (nSPS) is 14.6. The van der Waals surface area contributed by atoms with Gasteiger partial charge in [-0.05, 0) is 25.0 Å². The van der Waals surface area contributed by atoms with Gasteiger partial charge in [-0.2, -0.15) is 10.1 Å².